The summed E-state index contributed by atoms with van der Waals surface area (Å²) >= 11 is 0. The van der Waals surface area contributed by atoms with Gasteiger partial charge in [-0.2, -0.15) is 0 Å². The molecular formula is C20H24N4O2. The lowest BCUT2D eigenvalue weighted by atomic mass is 10.1. The summed E-state index contributed by atoms with van der Waals surface area (Å²) in [6.07, 6.45) is 4.92. The first kappa shape index (κ1) is 16.7. The number of rotatable bonds is 3. The number of nitrogens with one attached hydrogen (secondary N) is 1. The van der Waals surface area contributed by atoms with Crippen molar-refractivity contribution in [1.82, 2.24) is 14.8 Å². The molecule has 1 unspecified atom stereocenters. The van der Waals surface area contributed by atoms with Gasteiger partial charge in [0.25, 0.3) is 5.91 Å². The SMILES string of the molecule is Cn1cccc1C1CCCN1C(=O)c1cccc(N2CCCNC2=O)c1. The number of hydrogen-bond acceptors (Lipinski definition) is 2. The highest BCUT2D eigenvalue weighted by Gasteiger charge is 2.32. The van der Waals surface area contributed by atoms with Gasteiger partial charge in [0.2, 0.25) is 0 Å². The van der Waals surface area contributed by atoms with Gasteiger partial charge in [-0.1, -0.05) is 6.07 Å². The number of anilines is 1. The molecule has 4 rings (SSSR count). The van der Waals surface area contributed by atoms with Crippen molar-refractivity contribution < 1.29 is 9.59 Å². The van der Waals surface area contributed by atoms with E-state index in [1.54, 1.807) is 4.90 Å². The number of likely N-dealkylation sites (tertiary alicyclic amines) is 1. The van der Waals surface area contributed by atoms with Crippen LogP contribution in [0.5, 0.6) is 0 Å². The van der Waals surface area contributed by atoms with Gasteiger partial charge >= 0.3 is 6.03 Å². The highest BCUT2D eigenvalue weighted by atomic mass is 16.2. The molecule has 2 saturated heterocycles. The number of nitrogens with zero attached hydrogens (tertiary/aromatic N) is 3. The minimum atomic E-state index is -0.0938. The molecule has 2 aromatic rings. The average Bonchev–Trinajstić information content (AvgIpc) is 3.30. The average molecular weight is 352 g/mol. The van der Waals surface area contributed by atoms with Crippen molar-refractivity contribution in [1.29, 1.82) is 0 Å². The molecule has 3 amide bonds. The summed E-state index contributed by atoms with van der Waals surface area (Å²) < 4.78 is 2.09. The van der Waals surface area contributed by atoms with Crippen LogP contribution in [0.25, 0.3) is 0 Å². The Hall–Kier alpha value is -2.76. The Morgan fingerprint density at radius 2 is 2.04 bits per heavy atom. The Balaban J connectivity index is 1.59. The molecule has 0 aliphatic carbocycles. The predicted molar refractivity (Wildman–Crippen MR) is 100 cm³/mol. The Bertz CT molecular complexity index is 829. The normalized spacial score (nSPS) is 20.3. The number of hydrogen-bond donors (Lipinski definition) is 1. The van der Waals surface area contributed by atoms with Gasteiger partial charge in [-0.05, 0) is 49.6 Å². The van der Waals surface area contributed by atoms with E-state index >= 15 is 0 Å². The topological polar surface area (TPSA) is 57.6 Å². The molecule has 0 bridgehead atoms. The summed E-state index contributed by atoms with van der Waals surface area (Å²) in [5.41, 5.74) is 2.59. The molecule has 3 heterocycles. The summed E-state index contributed by atoms with van der Waals surface area (Å²) in [5.74, 6) is 0.0352. The van der Waals surface area contributed by atoms with Gasteiger partial charge in [-0.15, -0.1) is 0 Å². The molecule has 1 aromatic heterocycles. The van der Waals surface area contributed by atoms with E-state index < -0.39 is 0 Å². The minimum Gasteiger partial charge on any atom is -0.353 e. The summed E-state index contributed by atoms with van der Waals surface area (Å²) in [5, 5.41) is 2.86. The van der Waals surface area contributed by atoms with E-state index in [2.05, 4.69) is 16.0 Å². The summed E-state index contributed by atoms with van der Waals surface area (Å²) in [6.45, 7) is 2.16. The van der Waals surface area contributed by atoms with Gasteiger partial charge in [-0.25, -0.2) is 4.79 Å². The fourth-order valence-electron chi connectivity index (χ4n) is 3.99. The molecule has 6 heteroatoms. The molecule has 6 nitrogen and oxygen atoms in total. The van der Waals surface area contributed by atoms with Crippen molar-refractivity contribution in [2.24, 2.45) is 7.05 Å². The van der Waals surface area contributed by atoms with Crippen molar-refractivity contribution in [2.45, 2.75) is 25.3 Å². The first-order valence-electron chi connectivity index (χ1n) is 9.23. The minimum absolute atomic E-state index is 0.0352. The molecule has 26 heavy (non-hydrogen) atoms. The number of aromatic nitrogens is 1. The van der Waals surface area contributed by atoms with Gasteiger partial charge in [0.05, 0.1) is 6.04 Å². The third kappa shape index (κ3) is 2.96. The van der Waals surface area contributed by atoms with Crippen LogP contribution in [-0.4, -0.2) is 41.0 Å². The van der Waals surface area contributed by atoms with Crippen LogP contribution in [-0.2, 0) is 7.05 Å². The van der Waals surface area contributed by atoms with E-state index in [1.807, 2.05) is 48.5 Å². The maximum atomic E-state index is 13.2. The van der Waals surface area contributed by atoms with Gasteiger partial charge in [-0.3, -0.25) is 9.69 Å². The molecule has 136 valence electrons. The molecule has 2 aliphatic heterocycles. The van der Waals surface area contributed by atoms with Crippen LogP contribution in [0.3, 0.4) is 0 Å². The second-order valence-electron chi connectivity index (χ2n) is 6.99. The highest BCUT2D eigenvalue weighted by molar-refractivity contribution is 5.98. The zero-order valence-electron chi connectivity index (χ0n) is 15.0. The van der Waals surface area contributed by atoms with Crippen molar-refractivity contribution in [3.63, 3.8) is 0 Å². The van der Waals surface area contributed by atoms with Gasteiger partial charge in [0.15, 0.2) is 0 Å². The lowest BCUT2D eigenvalue weighted by molar-refractivity contribution is 0.0731. The van der Waals surface area contributed by atoms with Crippen molar-refractivity contribution in [3.05, 3.63) is 53.9 Å². The quantitative estimate of drug-likeness (QED) is 0.923. The molecule has 0 saturated carbocycles. The highest BCUT2D eigenvalue weighted by Crippen LogP contribution is 2.33. The number of benzene rings is 1. The first-order chi connectivity index (χ1) is 12.6. The Labute approximate surface area is 153 Å². The van der Waals surface area contributed by atoms with E-state index in [0.717, 1.165) is 31.5 Å². The van der Waals surface area contributed by atoms with E-state index in [4.69, 9.17) is 0 Å². The first-order valence-corrected chi connectivity index (χ1v) is 9.23. The Morgan fingerprint density at radius 3 is 2.81 bits per heavy atom. The van der Waals surface area contributed by atoms with Crippen molar-refractivity contribution in [2.75, 3.05) is 24.5 Å². The molecule has 2 aliphatic rings. The van der Waals surface area contributed by atoms with E-state index in [0.29, 0.717) is 18.7 Å². The van der Waals surface area contributed by atoms with E-state index in [1.165, 1.54) is 5.69 Å². The summed E-state index contributed by atoms with van der Waals surface area (Å²) in [7, 11) is 2.02. The second kappa shape index (κ2) is 6.86. The smallest absolute Gasteiger partial charge is 0.321 e. The molecule has 0 radical (unpaired) electrons. The van der Waals surface area contributed by atoms with Crippen molar-refractivity contribution in [3.8, 4) is 0 Å². The van der Waals surface area contributed by atoms with Crippen LogP contribution < -0.4 is 10.2 Å². The molecule has 1 aromatic carbocycles. The predicted octanol–water partition coefficient (Wildman–Crippen LogP) is 2.92. The maximum Gasteiger partial charge on any atom is 0.321 e. The summed E-state index contributed by atoms with van der Waals surface area (Å²) in [6, 6.07) is 11.6. The largest absolute Gasteiger partial charge is 0.353 e. The van der Waals surface area contributed by atoms with E-state index in [-0.39, 0.29) is 18.0 Å². The number of carbonyl (C=O) groups is 2. The van der Waals surface area contributed by atoms with Crippen LogP contribution in [0.4, 0.5) is 10.5 Å². The second-order valence-corrected chi connectivity index (χ2v) is 6.99. The number of aryl methyl sites for hydroxylation is 1. The lowest BCUT2D eigenvalue weighted by Crippen LogP contribution is -2.46. The van der Waals surface area contributed by atoms with Crippen molar-refractivity contribution >= 4 is 17.6 Å². The van der Waals surface area contributed by atoms with Gasteiger partial charge in [0.1, 0.15) is 0 Å². The number of amides is 3. The van der Waals surface area contributed by atoms with Crippen LogP contribution >= 0.6 is 0 Å². The lowest BCUT2D eigenvalue weighted by Gasteiger charge is -2.29. The standard InChI is InChI=1S/C20H24N4O2/c1-22-11-3-8-17(22)18-9-4-12-24(18)19(25)15-6-2-7-16(14-15)23-13-5-10-21-20(23)26/h2-3,6-8,11,14,18H,4-5,9-10,12-13H2,1H3,(H,21,26). The van der Waals surface area contributed by atoms with Crippen LogP contribution in [0.2, 0.25) is 0 Å². The Morgan fingerprint density at radius 1 is 1.15 bits per heavy atom. The van der Waals surface area contributed by atoms with Crippen LogP contribution in [0.1, 0.15) is 41.4 Å². The molecule has 1 atom stereocenters. The zero-order chi connectivity index (χ0) is 18.1. The fraction of sp³-hybridized carbons (Fsp3) is 0.400. The zero-order valence-corrected chi connectivity index (χ0v) is 15.0. The summed E-state index contributed by atoms with van der Waals surface area (Å²) in [4.78, 5) is 28.9. The molecular weight excluding hydrogens is 328 g/mol. The third-order valence-electron chi connectivity index (χ3n) is 5.32. The van der Waals surface area contributed by atoms with Gasteiger partial charge in [0, 0.05) is 49.8 Å². The number of carbonyl (C=O) groups excluding carboxylic acids is 2. The van der Waals surface area contributed by atoms with Crippen LogP contribution in [0.15, 0.2) is 42.6 Å². The van der Waals surface area contributed by atoms with E-state index in [9.17, 15) is 9.59 Å². The van der Waals surface area contributed by atoms with Gasteiger partial charge < -0.3 is 14.8 Å². The number of urea groups is 1. The molecule has 0 spiro atoms. The molecule has 1 N–H and O–H groups in total. The Kier molecular flexibility index (Phi) is 4.41. The third-order valence-corrected chi connectivity index (χ3v) is 5.32. The fourth-order valence-corrected chi connectivity index (χ4v) is 3.99. The maximum absolute atomic E-state index is 13.2. The monoisotopic (exact) mass is 352 g/mol. The molecule has 2 fully saturated rings. The van der Waals surface area contributed by atoms with Crippen LogP contribution in [0, 0.1) is 0 Å².